The number of carbonyl (C=O) groups excluding carboxylic acids is 1. The molecule has 0 saturated carbocycles. The van der Waals surface area contributed by atoms with E-state index >= 15 is 0 Å². The molecule has 1 amide bonds. The minimum Gasteiger partial charge on any atom is -0.325 e. The second kappa shape index (κ2) is 5.90. The number of para-hydroxylation sites is 1. The maximum atomic E-state index is 12.3. The molecule has 2 rings (SSSR count). The summed E-state index contributed by atoms with van der Waals surface area (Å²) in [5, 5.41) is 10.1. The quantitative estimate of drug-likeness (QED) is 0.897. The van der Waals surface area contributed by atoms with E-state index in [9.17, 15) is 4.79 Å². The Balaban J connectivity index is 2.17. The normalized spacial score (nSPS) is 10.6. The largest absolute Gasteiger partial charge is 0.325 e. The second-order valence-electron chi connectivity index (χ2n) is 5.10. The topological polar surface area (TPSA) is 57.8 Å². The molecule has 0 aliphatic rings. The van der Waals surface area contributed by atoms with Gasteiger partial charge in [0.2, 0.25) is 5.91 Å². The first kappa shape index (κ1) is 14.3. The number of hydrogen-bond acceptors (Lipinski definition) is 2. The smallest absolute Gasteiger partial charge is 0.228 e. The lowest BCUT2D eigenvalue weighted by molar-refractivity contribution is -0.115. The Morgan fingerprint density at radius 2 is 2.05 bits per heavy atom. The molecule has 106 valence electrons. The third-order valence-electron chi connectivity index (χ3n) is 3.62. The molecule has 1 aromatic heterocycles. The molecule has 0 radical (unpaired) electrons. The fourth-order valence-electron chi connectivity index (χ4n) is 2.38. The van der Waals surface area contributed by atoms with Gasteiger partial charge in [0.15, 0.2) is 0 Å². The van der Waals surface area contributed by atoms with Crippen LogP contribution in [0.4, 0.5) is 5.69 Å². The van der Waals surface area contributed by atoms with Gasteiger partial charge >= 0.3 is 0 Å². The average Bonchev–Trinajstić information content (AvgIpc) is 2.73. The highest BCUT2D eigenvalue weighted by Crippen LogP contribution is 2.21. The number of anilines is 1. The van der Waals surface area contributed by atoms with E-state index in [0.717, 1.165) is 34.6 Å². The van der Waals surface area contributed by atoms with Gasteiger partial charge in [-0.05, 0) is 38.3 Å². The summed E-state index contributed by atoms with van der Waals surface area (Å²) < 4.78 is 0. The molecular weight excluding hydrogens is 250 g/mol. The van der Waals surface area contributed by atoms with Crippen LogP contribution in [-0.2, 0) is 17.6 Å². The van der Waals surface area contributed by atoms with Crippen molar-refractivity contribution in [2.75, 3.05) is 5.32 Å². The molecule has 20 heavy (non-hydrogen) atoms. The summed E-state index contributed by atoms with van der Waals surface area (Å²) in [6, 6.07) is 6.09. The Morgan fingerprint density at radius 3 is 2.65 bits per heavy atom. The Hall–Kier alpha value is -2.10. The SMILES string of the molecule is CCc1cccc(C)c1NC(=O)Cc1c(C)n[nH]c1C. The van der Waals surface area contributed by atoms with Gasteiger partial charge in [0.05, 0.1) is 12.1 Å². The van der Waals surface area contributed by atoms with Crippen molar-refractivity contribution < 1.29 is 4.79 Å². The molecular formula is C16H21N3O. The first-order chi connectivity index (χ1) is 9.52. The standard InChI is InChI=1S/C16H21N3O/c1-5-13-8-6-7-10(2)16(13)17-15(20)9-14-11(3)18-19-12(14)4/h6-8H,5,9H2,1-4H3,(H,17,20)(H,18,19). The van der Waals surface area contributed by atoms with Crippen LogP contribution >= 0.6 is 0 Å². The fourth-order valence-corrected chi connectivity index (χ4v) is 2.38. The van der Waals surface area contributed by atoms with E-state index in [4.69, 9.17) is 0 Å². The highest BCUT2D eigenvalue weighted by atomic mass is 16.1. The van der Waals surface area contributed by atoms with Gasteiger partial charge in [-0.15, -0.1) is 0 Å². The van der Waals surface area contributed by atoms with E-state index in [2.05, 4.69) is 28.5 Å². The maximum Gasteiger partial charge on any atom is 0.228 e. The van der Waals surface area contributed by atoms with E-state index in [-0.39, 0.29) is 5.91 Å². The summed E-state index contributed by atoms with van der Waals surface area (Å²) in [6.45, 7) is 7.96. The molecule has 1 aromatic carbocycles. The van der Waals surface area contributed by atoms with Crippen LogP contribution in [-0.4, -0.2) is 16.1 Å². The van der Waals surface area contributed by atoms with Gasteiger partial charge in [-0.2, -0.15) is 5.10 Å². The summed E-state index contributed by atoms with van der Waals surface area (Å²) in [5.74, 6) is 0.00148. The lowest BCUT2D eigenvalue weighted by atomic mass is 10.0. The lowest BCUT2D eigenvalue weighted by Crippen LogP contribution is -2.17. The molecule has 0 atom stereocenters. The van der Waals surface area contributed by atoms with E-state index in [0.29, 0.717) is 6.42 Å². The summed E-state index contributed by atoms with van der Waals surface area (Å²) in [4.78, 5) is 12.3. The molecule has 2 aromatic rings. The molecule has 4 heteroatoms. The van der Waals surface area contributed by atoms with Crippen molar-refractivity contribution in [3.8, 4) is 0 Å². The van der Waals surface area contributed by atoms with Crippen LogP contribution in [0.15, 0.2) is 18.2 Å². The monoisotopic (exact) mass is 271 g/mol. The van der Waals surface area contributed by atoms with Gasteiger partial charge in [-0.3, -0.25) is 9.89 Å². The molecule has 0 bridgehead atoms. The predicted molar refractivity (Wildman–Crippen MR) is 81.0 cm³/mol. The van der Waals surface area contributed by atoms with Crippen LogP contribution < -0.4 is 5.32 Å². The Bertz CT molecular complexity index is 609. The van der Waals surface area contributed by atoms with Crippen molar-refractivity contribution in [3.63, 3.8) is 0 Å². The van der Waals surface area contributed by atoms with Crippen molar-refractivity contribution in [2.45, 2.75) is 40.5 Å². The molecule has 0 aliphatic heterocycles. The van der Waals surface area contributed by atoms with Crippen molar-refractivity contribution >= 4 is 11.6 Å². The molecule has 2 N–H and O–H groups in total. The molecule has 0 saturated heterocycles. The van der Waals surface area contributed by atoms with Gasteiger partial charge in [-0.1, -0.05) is 25.1 Å². The highest BCUT2D eigenvalue weighted by Gasteiger charge is 2.13. The van der Waals surface area contributed by atoms with Crippen molar-refractivity contribution in [1.82, 2.24) is 10.2 Å². The summed E-state index contributed by atoms with van der Waals surface area (Å²) in [7, 11) is 0. The van der Waals surface area contributed by atoms with Crippen molar-refractivity contribution in [2.24, 2.45) is 0 Å². The number of hydrogen-bond donors (Lipinski definition) is 2. The number of aryl methyl sites for hydroxylation is 4. The molecule has 0 aliphatic carbocycles. The zero-order chi connectivity index (χ0) is 14.7. The predicted octanol–water partition coefficient (Wildman–Crippen LogP) is 3.08. The summed E-state index contributed by atoms with van der Waals surface area (Å²) >= 11 is 0. The highest BCUT2D eigenvalue weighted by molar-refractivity contribution is 5.94. The number of amides is 1. The van der Waals surface area contributed by atoms with Gasteiger partial charge in [0.1, 0.15) is 0 Å². The van der Waals surface area contributed by atoms with Gasteiger partial charge in [-0.25, -0.2) is 0 Å². The fraction of sp³-hybridized carbons (Fsp3) is 0.375. The third-order valence-corrected chi connectivity index (χ3v) is 3.62. The van der Waals surface area contributed by atoms with Crippen LogP contribution in [0, 0.1) is 20.8 Å². The summed E-state index contributed by atoms with van der Waals surface area (Å²) in [5.41, 5.74) is 6.03. The Kier molecular flexibility index (Phi) is 4.23. The molecule has 4 nitrogen and oxygen atoms in total. The lowest BCUT2D eigenvalue weighted by Gasteiger charge is -2.13. The number of aromatic nitrogens is 2. The molecule has 1 heterocycles. The maximum absolute atomic E-state index is 12.3. The Labute approximate surface area is 119 Å². The first-order valence-corrected chi connectivity index (χ1v) is 6.91. The number of H-pyrrole nitrogens is 1. The van der Waals surface area contributed by atoms with Crippen LogP contribution in [0.5, 0.6) is 0 Å². The van der Waals surface area contributed by atoms with E-state index in [1.54, 1.807) is 0 Å². The van der Waals surface area contributed by atoms with Gasteiger partial charge in [0, 0.05) is 16.9 Å². The number of benzene rings is 1. The number of nitrogens with one attached hydrogen (secondary N) is 2. The minimum atomic E-state index is 0.00148. The van der Waals surface area contributed by atoms with Crippen molar-refractivity contribution in [1.29, 1.82) is 0 Å². The number of rotatable bonds is 4. The van der Waals surface area contributed by atoms with Crippen LogP contribution in [0.1, 0.15) is 35.0 Å². The molecule has 0 fully saturated rings. The van der Waals surface area contributed by atoms with Crippen LogP contribution in [0.25, 0.3) is 0 Å². The molecule has 0 unspecified atom stereocenters. The average molecular weight is 271 g/mol. The Morgan fingerprint density at radius 1 is 1.30 bits per heavy atom. The zero-order valence-corrected chi connectivity index (χ0v) is 12.5. The van der Waals surface area contributed by atoms with E-state index in [1.807, 2.05) is 32.9 Å². The summed E-state index contributed by atoms with van der Waals surface area (Å²) in [6.07, 6.45) is 1.26. The van der Waals surface area contributed by atoms with Crippen molar-refractivity contribution in [3.05, 3.63) is 46.3 Å². The van der Waals surface area contributed by atoms with Gasteiger partial charge in [0.25, 0.3) is 0 Å². The number of aromatic amines is 1. The number of carbonyl (C=O) groups is 1. The third kappa shape index (κ3) is 2.90. The van der Waals surface area contributed by atoms with Gasteiger partial charge < -0.3 is 5.32 Å². The van der Waals surface area contributed by atoms with E-state index in [1.165, 1.54) is 5.56 Å². The molecule has 0 spiro atoms. The minimum absolute atomic E-state index is 0.00148. The number of nitrogens with zero attached hydrogens (tertiary/aromatic N) is 1. The second-order valence-corrected chi connectivity index (χ2v) is 5.10. The first-order valence-electron chi connectivity index (χ1n) is 6.91. The van der Waals surface area contributed by atoms with E-state index < -0.39 is 0 Å². The van der Waals surface area contributed by atoms with Crippen LogP contribution in [0.3, 0.4) is 0 Å². The van der Waals surface area contributed by atoms with Crippen LogP contribution in [0.2, 0.25) is 0 Å². The zero-order valence-electron chi connectivity index (χ0n) is 12.5.